The highest BCUT2D eigenvalue weighted by Crippen LogP contribution is 2.32. The summed E-state index contributed by atoms with van der Waals surface area (Å²) in [6.07, 6.45) is 2.12. The standard InChI is InChI=1S/C27H41NO2.ClH/c1-9-29-21(6)23-14-10-11-15-25(23)27(7,8)28-30-26-16-12-13-22(17-19(2)3)24(26)18-20(4)5;/h10-16,19-21,28H,9,17-18H2,1-8H3;1H. The maximum absolute atomic E-state index is 6.28. The van der Waals surface area contributed by atoms with E-state index in [1.54, 1.807) is 0 Å². The number of hydroxylamine groups is 1. The van der Waals surface area contributed by atoms with Crippen molar-refractivity contribution < 1.29 is 9.57 Å². The molecule has 1 N–H and O–H groups in total. The molecule has 31 heavy (non-hydrogen) atoms. The van der Waals surface area contributed by atoms with Crippen molar-refractivity contribution in [2.24, 2.45) is 11.8 Å². The summed E-state index contributed by atoms with van der Waals surface area (Å²) in [6.45, 7) is 18.2. The van der Waals surface area contributed by atoms with Crippen LogP contribution in [0.3, 0.4) is 0 Å². The van der Waals surface area contributed by atoms with Crippen molar-refractivity contribution in [3.63, 3.8) is 0 Å². The molecule has 0 heterocycles. The van der Waals surface area contributed by atoms with Gasteiger partial charge in [0.1, 0.15) is 0 Å². The first-order valence-corrected chi connectivity index (χ1v) is 11.4. The highest BCUT2D eigenvalue weighted by molar-refractivity contribution is 5.85. The van der Waals surface area contributed by atoms with E-state index in [1.807, 2.05) is 6.92 Å². The predicted molar refractivity (Wildman–Crippen MR) is 134 cm³/mol. The summed E-state index contributed by atoms with van der Waals surface area (Å²) in [7, 11) is 0. The Morgan fingerprint density at radius 1 is 0.871 bits per heavy atom. The van der Waals surface area contributed by atoms with Crippen molar-refractivity contribution in [1.82, 2.24) is 5.48 Å². The van der Waals surface area contributed by atoms with E-state index in [1.165, 1.54) is 22.3 Å². The number of nitrogens with one attached hydrogen (secondary N) is 1. The third-order valence-corrected chi connectivity index (χ3v) is 5.38. The number of benzene rings is 2. The molecule has 4 heteroatoms. The van der Waals surface area contributed by atoms with Crippen molar-refractivity contribution in [2.75, 3.05) is 6.61 Å². The summed E-state index contributed by atoms with van der Waals surface area (Å²) < 4.78 is 5.87. The van der Waals surface area contributed by atoms with Crippen molar-refractivity contribution in [1.29, 1.82) is 0 Å². The quantitative estimate of drug-likeness (QED) is 0.363. The Morgan fingerprint density at radius 2 is 1.52 bits per heavy atom. The zero-order valence-corrected chi connectivity index (χ0v) is 21.4. The number of ether oxygens (including phenoxy) is 1. The van der Waals surface area contributed by atoms with Gasteiger partial charge in [0.2, 0.25) is 0 Å². The van der Waals surface area contributed by atoms with E-state index in [-0.39, 0.29) is 24.0 Å². The van der Waals surface area contributed by atoms with Crippen LogP contribution in [-0.2, 0) is 23.1 Å². The molecule has 2 rings (SSSR count). The van der Waals surface area contributed by atoms with Gasteiger partial charge in [0, 0.05) is 12.2 Å². The van der Waals surface area contributed by atoms with Crippen LogP contribution >= 0.6 is 12.4 Å². The zero-order chi connectivity index (χ0) is 22.3. The van der Waals surface area contributed by atoms with Crippen LogP contribution in [0.2, 0.25) is 0 Å². The van der Waals surface area contributed by atoms with Crippen molar-refractivity contribution >= 4 is 12.4 Å². The van der Waals surface area contributed by atoms with Crippen molar-refractivity contribution in [3.05, 3.63) is 64.7 Å². The second-order valence-corrected chi connectivity index (χ2v) is 9.60. The van der Waals surface area contributed by atoms with Crippen LogP contribution in [0.5, 0.6) is 5.75 Å². The van der Waals surface area contributed by atoms with Crippen LogP contribution in [0.4, 0.5) is 0 Å². The van der Waals surface area contributed by atoms with E-state index in [0.717, 1.165) is 18.6 Å². The van der Waals surface area contributed by atoms with Crippen molar-refractivity contribution in [2.45, 2.75) is 79.9 Å². The molecule has 0 aliphatic rings. The van der Waals surface area contributed by atoms with Gasteiger partial charge in [0.15, 0.2) is 5.75 Å². The summed E-state index contributed by atoms with van der Waals surface area (Å²) in [5, 5.41) is 0. The maximum Gasteiger partial charge on any atom is 0.150 e. The Hall–Kier alpha value is -1.55. The molecule has 0 amide bonds. The second-order valence-electron chi connectivity index (χ2n) is 9.60. The second kappa shape index (κ2) is 12.5. The minimum absolute atomic E-state index is 0. The Morgan fingerprint density at radius 3 is 2.13 bits per heavy atom. The van der Waals surface area contributed by atoms with Gasteiger partial charge in [-0.3, -0.25) is 0 Å². The van der Waals surface area contributed by atoms with Gasteiger partial charge in [-0.2, -0.15) is 0 Å². The molecule has 0 saturated heterocycles. The molecule has 0 aromatic heterocycles. The largest absolute Gasteiger partial charge is 0.408 e. The third-order valence-electron chi connectivity index (χ3n) is 5.38. The van der Waals surface area contributed by atoms with Crippen LogP contribution in [0.25, 0.3) is 0 Å². The van der Waals surface area contributed by atoms with Crippen LogP contribution < -0.4 is 10.3 Å². The first-order valence-electron chi connectivity index (χ1n) is 11.4. The minimum atomic E-state index is -0.370. The Bertz CT molecular complexity index is 802. The highest BCUT2D eigenvalue weighted by Gasteiger charge is 2.27. The van der Waals surface area contributed by atoms with E-state index < -0.39 is 0 Å². The van der Waals surface area contributed by atoms with Crippen LogP contribution in [-0.4, -0.2) is 6.61 Å². The fourth-order valence-electron chi connectivity index (χ4n) is 3.98. The molecule has 1 atom stereocenters. The van der Waals surface area contributed by atoms with E-state index in [4.69, 9.17) is 9.57 Å². The van der Waals surface area contributed by atoms with E-state index in [9.17, 15) is 0 Å². The summed E-state index contributed by atoms with van der Waals surface area (Å²) in [4.78, 5) is 6.28. The third kappa shape index (κ3) is 7.82. The number of halogens is 1. The lowest BCUT2D eigenvalue weighted by Crippen LogP contribution is -2.40. The Kier molecular flexibility index (Phi) is 11.1. The molecule has 0 aliphatic carbocycles. The molecule has 1 unspecified atom stereocenters. The molecule has 0 saturated carbocycles. The summed E-state index contributed by atoms with van der Waals surface area (Å²) in [5.74, 6) is 2.12. The molecule has 0 fully saturated rings. The summed E-state index contributed by atoms with van der Waals surface area (Å²) in [5.41, 5.74) is 8.09. The molecule has 174 valence electrons. The minimum Gasteiger partial charge on any atom is -0.408 e. The average Bonchev–Trinajstić information content (AvgIpc) is 2.67. The number of hydrogen-bond donors (Lipinski definition) is 1. The molecule has 0 spiro atoms. The predicted octanol–water partition coefficient (Wildman–Crippen LogP) is 7.42. The average molecular weight is 448 g/mol. The van der Waals surface area contributed by atoms with Gasteiger partial charge in [-0.1, -0.05) is 64.1 Å². The number of hydrogen-bond acceptors (Lipinski definition) is 3. The van der Waals surface area contributed by atoms with Gasteiger partial charge in [-0.25, -0.2) is 0 Å². The smallest absolute Gasteiger partial charge is 0.150 e. The molecular weight excluding hydrogens is 406 g/mol. The van der Waals surface area contributed by atoms with Gasteiger partial charge in [0.25, 0.3) is 0 Å². The van der Waals surface area contributed by atoms with E-state index >= 15 is 0 Å². The lowest BCUT2D eigenvalue weighted by atomic mass is 9.89. The van der Waals surface area contributed by atoms with Gasteiger partial charge >= 0.3 is 0 Å². The molecule has 3 nitrogen and oxygen atoms in total. The van der Waals surface area contributed by atoms with Crippen molar-refractivity contribution in [3.8, 4) is 5.75 Å². The van der Waals surface area contributed by atoms with Crippen LogP contribution in [0.15, 0.2) is 42.5 Å². The lowest BCUT2D eigenvalue weighted by Gasteiger charge is -2.31. The summed E-state index contributed by atoms with van der Waals surface area (Å²) >= 11 is 0. The molecule has 0 bridgehead atoms. The van der Waals surface area contributed by atoms with Gasteiger partial charge < -0.3 is 9.57 Å². The molecule has 2 aromatic rings. The first-order chi connectivity index (χ1) is 14.2. The lowest BCUT2D eigenvalue weighted by molar-refractivity contribution is 0.0698. The van der Waals surface area contributed by atoms with Crippen LogP contribution in [0.1, 0.15) is 83.7 Å². The molecule has 0 radical (unpaired) electrons. The van der Waals surface area contributed by atoms with Gasteiger partial charge in [-0.05, 0) is 75.1 Å². The van der Waals surface area contributed by atoms with E-state index in [0.29, 0.717) is 18.4 Å². The summed E-state index contributed by atoms with van der Waals surface area (Å²) in [6, 6.07) is 14.9. The fourth-order valence-corrected chi connectivity index (χ4v) is 3.98. The maximum atomic E-state index is 6.28. The van der Waals surface area contributed by atoms with Gasteiger partial charge in [0.05, 0.1) is 11.6 Å². The normalized spacial score (nSPS) is 12.7. The molecular formula is C27H42ClNO2. The van der Waals surface area contributed by atoms with Gasteiger partial charge in [-0.15, -0.1) is 17.9 Å². The highest BCUT2D eigenvalue weighted by atomic mass is 35.5. The van der Waals surface area contributed by atoms with Crippen LogP contribution in [0, 0.1) is 11.8 Å². The zero-order valence-electron chi connectivity index (χ0n) is 20.6. The topological polar surface area (TPSA) is 30.5 Å². The fraction of sp³-hybridized carbons (Fsp3) is 0.556. The Labute approximate surface area is 196 Å². The Balaban J connectivity index is 0.00000480. The SMILES string of the molecule is CCOC(C)c1ccccc1C(C)(C)NOc1cccc(CC(C)C)c1CC(C)C.Cl. The van der Waals surface area contributed by atoms with E-state index in [2.05, 4.69) is 96.4 Å². The first kappa shape index (κ1) is 27.5. The number of rotatable bonds is 11. The molecule has 0 aliphatic heterocycles. The monoisotopic (exact) mass is 447 g/mol. The molecule has 2 aromatic carbocycles.